The summed E-state index contributed by atoms with van der Waals surface area (Å²) >= 11 is 6.28. The molecule has 0 saturated heterocycles. The Labute approximate surface area is 127 Å². The van der Waals surface area contributed by atoms with Gasteiger partial charge in [0, 0.05) is 17.3 Å². The molecule has 3 heterocycles. The summed E-state index contributed by atoms with van der Waals surface area (Å²) in [6.45, 7) is 4.18. The topological polar surface area (TPSA) is 46.3 Å². The van der Waals surface area contributed by atoms with Crippen LogP contribution < -0.4 is 4.90 Å². The average Bonchev–Trinajstić information content (AvgIpc) is 3.04. The van der Waals surface area contributed by atoms with Gasteiger partial charge in [0.15, 0.2) is 0 Å². The van der Waals surface area contributed by atoms with Crippen molar-refractivity contribution in [1.29, 1.82) is 0 Å². The number of hydrogen-bond acceptors (Lipinski definition) is 4. The summed E-state index contributed by atoms with van der Waals surface area (Å²) in [5.74, 6) is 1.47. The highest BCUT2D eigenvalue weighted by atomic mass is 35.5. The van der Waals surface area contributed by atoms with Gasteiger partial charge in [0.1, 0.15) is 17.3 Å². The maximum atomic E-state index is 6.28. The summed E-state index contributed by atoms with van der Waals surface area (Å²) in [4.78, 5) is 10.7. The monoisotopic (exact) mass is 299 g/mol. The van der Waals surface area contributed by atoms with Gasteiger partial charge in [-0.1, -0.05) is 29.8 Å². The van der Waals surface area contributed by atoms with Gasteiger partial charge >= 0.3 is 0 Å². The van der Waals surface area contributed by atoms with Crippen LogP contribution in [0.1, 0.15) is 18.1 Å². The SMILES string of the molecule is Cc1c(Cl)nc2ncnn2c1N1c2ccccc2CC1C. The van der Waals surface area contributed by atoms with Crippen molar-refractivity contribution in [2.24, 2.45) is 0 Å². The van der Waals surface area contributed by atoms with Crippen LogP contribution in [0, 0.1) is 6.92 Å². The molecule has 2 aromatic heterocycles. The molecule has 0 aliphatic carbocycles. The summed E-state index contributed by atoms with van der Waals surface area (Å²) in [6, 6.07) is 8.78. The highest BCUT2D eigenvalue weighted by Crippen LogP contribution is 2.40. The van der Waals surface area contributed by atoms with E-state index in [1.165, 1.54) is 17.6 Å². The van der Waals surface area contributed by atoms with Gasteiger partial charge in [0.25, 0.3) is 5.78 Å². The number of benzene rings is 1. The highest BCUT2D eigenvalue weighted by molar-refractivity contribution is 6.30. The molecule has 0 bridgehead atoms. The van der Waals surface area contributed by atoms with Gasteiger partial charge in [-0.2, -0.15) is 19.6 Å². The Morgan fingerprint density at radius 3 is 2.95 bits per heavy atom. The molecule has 0 amide bonds. The Kier molecular flexibility index (Phi) is 2.65. The van der Waals surface area contributed by atoms with Crippen LogP contribution >= 0.6 is 11.6 Å². The second-order valence-corrected chi connectivity index (χ2v) is 5.73. The molecule has 5 nitrogen and oxygen atoms in total. The van der Waals surface area contributed by atoms with Gasteiger partial charge in [-0.05, 0) is 31.9 Å². The van der Waals surface area contributed by atoms with E-state index in [2.05, 4.69) is 51.2 Å². The first kappa shape index (κ1) is 12.6. The minimum Gasteiger partial charge on any atom is -0.323 e. The van der Waals surface area contributed by atoms with E-state index in [1.807, 2.05) is 6.92 Å². The maximum absolute atomic E-state index is 6.28. The molecule has 106 valence electrons. The predicted molar refractivity (Wildman–Crippen MR) is 82.3 cm³/mol. The first-order valence-corrected chi connectivity index (χ1v) is 7.27. The van der Waals surface area contributed by atoms with E-state index in [4.69, 9.17) is 11.6 Å². The summed E-state index contributed by atoms with van der Waals surface area (Å²) in [6.07, 6.45) is 2.51. The van der Waals surface area contributed by atoms with Crippen molar-refractivity contribution in [3.63, 3.8) is 0 Å². The highest BCUT2D eigenvalue weighted by Gasteiger charge is 2.30. The molecule has 0 radical (unpaired) electrons. The Hall–Kier alpha value is -2.14. The first-order valence-electron chi connectivity index (χ1n) is 6.90. The number of halogens is 1. The smallest absolute Gasteiger partial charge is 0.255 e. The minimum atomic E-state index is 0.340. The molecular weight excluding hydrogens is 286 g/mol. The van der Waals surface area contributed by atoms with Crippen LogP contribution in [-0.2, 0) is 6.42 Å². The summed E-state index contributed by atoms with van der Waals surface area (Å²) < 4.78 is 1.76. The van der Waals surface area contributed by atoms with E-state index in [9.17, 15) is 0 Å². The van der Waals surface area contributed by atoms with E-state index in [-0.39, 0.29) is 0 Å². The van der Waals surface area contributed by atoms with E-state index in [1.54, 1.807) is 4.52 Å². The van der Waals surface area contributed by atoms with E-state index >= 15 is 0 Å². The third-order valence-electron chi connectivity index (χ3n) is 4.01. The van der Waals surface area contributed by atoms with Crippen molar-refractivity contribution in [2.75, 3.05) is 4.90 Å². The van der Waals surface area contributed by atoms with Crippen LogP contribution in [0.15, 0.2) is 30.6 Å². The number of aromatic nitrogens is 4. The van der Waals surface area contributed by atoms with Gasteiger partial charge in [-0.3, -0.25) is 0 Å². The standard InChI is InChI=1S/C15H14ClN5/c1-9-7-11-5-3-4-6-12(11)20(9)14-10(2)13(16)19-15-17-8-18-21(14)15/h3-6,8-9H,7H2,1-2H3. The third kappa shape index (κ3) is 1.74. The minimum absolute atomic E-state index is 0.340. The summed E-state index contributed by atoms with van der Waals surface area (Å²) in [5.41, 5.74) is 3.45. The predicted octanol–water partition coefficient (Wildman–Crippen LogP) is 3.17. The number of nitrogens with zero attached hydrogens (tertiary/aromatic N) is 5. The molecule has 4 rings (SSSR count). The second-order valence-electron chi connectivity index (χ2n) is 5.37. The number of rotatable bonds is 1. The lowest BCUT2D eigenvalue weighted by Gasteiger charge is -2.26. The molecule has 6 heteroatoms. The van der Waals surface area contributed by atoms with Crippen molar-refractivity contribution in [1.82, 2.24) is 19.6 Å². The van der Waals surface area contributed by atoms with Crippen LogP contribution in [0.5, 0.6) is 0 Å². The zero-order valence-corrected chi connectivity index (χ0v) is 12.5. The van der Waals surface area contributed by atoms with Gasteiger partial charge in [-0.15, -0.1) is 0 Å². The largest absolute Gasteiger partial charge is 0.323 e. The quantitative estimate of drug-likeness (QED) is 0.648. The van der Waals surface area contributed by atoms with Crippen molar-refractivity contribution < 1.29 is 0 Å². The Bertz CT molecular complexity index is 841. The average molecular weight is 300 g/mol. The third-order valence-corrected chi connectivity index (χ3v) is 4.38. The fourth-order valence-corrected chi connectivity index (χ4v) is 3.21. The Balaban J connectivity index is 2.03. The fraction of sp³-hybridized carbons (Fsp3) is 0.267. The van der Waals surface area contributed by atoms with Gasteiger partial charge in [-0.25, -0.2) is 0 Å². The lowest BCUT2D eigenvalue weighted by molar-refractivity contribution is 0.730. The molecular formula is C15H14ClN5. The van der Waals surface area contributed by atoms with Crippen LogP contribution in [0.2, 0.25) is 5.15 Å². The molecule has 21 heavy (non-hydrogen) atoms. The molecule has 1 unspecified atom stereocenters. The Morgan fingerprint density at radius 2 is 2.10 bits per heavy atom. The molecule has 0 fully saturated rings. The number of fused-ring (bicyclic) bond motifs is 2. The lowest BCUT2D eigenvalue weighted by Crippen LogP contribution is -2.27. The zero-order valence-electron chi connectivity index (χ0n) is 11.8. The molecule has 0 spiro atoms. The molecule has 0 saturated carbocycles. The van der Waals surface area contributed by atoms with Crippen molar-refractivity contribution in [3.8, 4) is 0 Å². The molecule has 1 aromatic carbocycles. The second kappa shape index (κ2) is 4.43. The molecule has 3 aromatic rings. The van der Waals surface area contributed by atoms with Crippen LogP contribution in [0.3, 0.4) is 0 Å². The summed E-state index contributed by atoms with van der Waals surface area (Å²) in [5, 5.41) is 4.79. The Morgan fingerprint density at radius 1 is 1.29 bits per heavy atom. The molecule has 1 aliphatic heterocycles. The number of anilines is 2. The van der Waals surface area contributed by atoms with Crippen molar-refractivity contribution >= 4 is 28.9 Å². The number of para-hydroxylation sites is 1. The van der Waals surface area contributed by atoms with Gasteiger partial charge < -0.3 is 4.90 Å². The van der Waals surface area contributed by atoms with Crippen molar-refractivity contribution in [2.45, 2.75) is 26.3 Å². The molecule has 0 N–H and O–H groups in total. The molecule has 1 aliphatic rings. The maximum Gasteiger partial charge on any atom is 0.255 e. The zero-order chi connectivity index (χ0) is 14.6. The van der Waals surface area contributed by atoms with Crippen LogP contribution in [0.4, 0.5) is 11.5 Å². The lowest BCUT2D eigenvalue weighted by atomic mass is 10.1. The fourth-order valence-electron chi connectivity index (χ4n) is 3.05. The number of hydrogen-bond donors (Lipinski definition) is 0. The summed E-state index contributed by atoms with van der Waals surface area (Å²) in [7, 11) is 0. The first-order chi connectivity index (χ1) is 10.2. The van der Waals surface area contributed by atoms with Crippen LogP contribution in [0.25, 0.3) is 5.78 Å². The van der Waals surface area contributed by atoms with E-state index < -0.39 is 0 Å². The molecule has 1 atom stereocenters. The van der Waals surface area contributed by atoms with E-state index in [0.29, 0.717) is 17.0 Å². The van der Waals surface area contributed by atoms with Gasteiger partial charge in [0.05, 0.1) is 0 Å². The van der Waals surface area contributed by atoms with Crippen molar-refractivity contribution in [3.05, 3.63) is 46.9 Å². The normalized spacial score (nSPS) is 17.5. The van der Waals surface area contributed by atoms with Crippen LogP contribution in [-0.4, -0.2) is 25.6 Å². The van der Waals surface area contributed by atoms with E-state index in [0.717, 1.165) is 17.8 Å². The van der Waals surface area contributed by atoms with Gasteiger partial charge in [0.2, 0.25) is 0 Å².